The van der Waals surface area contributed by atoms with E-state index in [0.717, 1.165) is 17.0 Å². The lowest BCUT2D eigenvalue weighted by Crippen LogP contribution is -2.44. The molecule has 234 valence electrons. The zero-order valence-electron chi connectivity index (χ0n) is 22.9. The molecule has 6 nitrogen and oxygen atoms in total. The fourth-order valence-corrected chi connectivity index (χ4v) is 5.56. The van der Waals surface area contributed by atoms with Crippen LogP contribution in [-0.4, -0.2) is 47.6 Å². The molecule has 15 heteroatoms. The molecular weight excluding hydrogens is 595 g/mol. The van der Waals surface area contributed by atoms with E-state index in [9.17, 15) is 44.3 Å². The summed E-state index contributed by atoms with van der Waals surface area (Å²) in [5, 5.41) is 9.16. The van der Waals surface area contributed by atoms with Crippen LogP contribution in [0.5, 0.6) is 0 Å². The minimum absolute atomic E-state index is 0.0436. The fraction of sp³-hybridized carbons (Fsp3) is 0.500. The van der Waals surface area contributed by atoms with Crippen LogP contribution >= 0.6 is 0 Å². The number of nitriles is 1. The maximum absolute atomic E-state index is 13.7. The predicted octanol–water partition coefficient (Wildman–Crippen LogP) is 7.60. The quantitative estimate of drug-likeness (QED) is 0.245. The Morgan fingerprint density at radius 3 is 1.95 bits per heavy atom. The van der Waals surface area contributed by atoms with E-state index in [-0.39, 0.29) is 17.7 Å². The third kappa shape index (κ3) is 6.88. The number of cyclic esters (lactones) is 1. The number of piperidine rings is 1. The van der Waals surface area contributed by atoms with Crippen LogP contribution in [0.2, 0.25) is 0 Å². The van der Waals surface area contributed by atoms with E-state index >= 15 is 0 Å². The molecule has 2 aromatic rings. The number of anilines is 1. The highest BCUT2D eigenvalue weighted by atomic mass is 19.4. The zero-order valence-corrected chi connectivity index (χ0v) is 22.9. The lowest BCUT2D eigenvalue weighted by molar-refractivity contribution is -0.143. The summed E-state index contributed by atoms with van der Waals surface area (Å²) in [6.45, 7) is 3.96. The second-order valence-corrected chi connectivity index (χ2v) is 10.5. The van der Waals surface area contributed by atoms with Crippen LogP contribution in [0, 0.1) is 11.5 Å². The Morgan fingerprint density at radius 2 is 1.47 bits per heavy atom. The zero-order chi connectivity index (χ0) is 31.9. The normalized spacial score (nSPS) is 20.3. The number of likely N-dealkylation sites (tertiary alicyclic amines) is 1. The second kappa shape index (κ2) is 11.7. The van der Waals surface area contributed by atoms with E-state index < -0.39 is 65.6 Å². The molecule has 0 aromatic heterocycles. The molecule has 0 saturated carbocycles. The first-order valence-corrected chi connectivity index (χ1v) is 13.3. The van der Waals surface area contributed by atoms with Gasteiger partial charge >= 0.3 is 24.6 Å². The van der Waals surface area contributed by atoms with Gasteiger partial charge < -0.3 is 14.5 Å². The van der Waals surface area contributed by atoms with Crippen LogP contribution in [0.3, 0.4) is 0 Å². The number of carbonyl (C=O) groups is 1. The molecule has 43 heavy (non-hydrogen) atoms. The van der Waals surface area contributed by atoms with E-state index in [1.807, 2.05) is 4.90 Å². The van der Waals surface area contributed by atoms with Crippen molar-refractivity contribution in [3.8, 4) is 6.19 Å². The van der Waals surface area contributed by atoms with Crippen molar-refractivity contribution < 1.29 is 49.0 Å². The van der Waals surface area contributed by atoms with E-state index in [1.54, 1.807) is 11.8 Å². The van der Waals surface area contributed by atoms with Crippen molar-refractivity contribution in [2.45, 2.75) is 70.0 Å². The Hall–Kier alpha value is -3.83. The predicted molar refractivity (Wildman–Crippen MR) is 135 cm³/mol. The van der Waals surface area contributed by atoms with Crippen LogP contribution < -0.4 is 4.90 Å². The monoisotopic (exact) mass is 622 g/mol. The Bertz CT molecular complexity index is 1340. The summed E-state index contributed by atoms with van der Waals surface area (Å²) in [7, 11) is 0. The summed E-state index contributed by atoms with van der Waals surface area (Å²) in [5.74, 6) is 0. The summed E-state index contributed by atoms with van der Waals surface area (Å²) >= 11 is 0. The third-order valence-electron chi connectivity index (χ3n) is 7.77. The second-order valence-electron chi connectivity index (χ2n) is 10.5. The third-order valence-corrected chi connectivity index (χ3v) is 7.77. The highest BCUT2D eigenvalue weighted by Gasteiger charge is 2.44. The summed E-state index contributed by atoms with van der Waals surface area (Å²) < 4.78 is 127. The van der Waals surface area contributed by atoms with Gasteiger partial charge in [0.05, 0.1) is 29.3 Å². The first-order chi connectivity index (χ1) is 19.9. The summed E-state index contributed by atoms with van der Waals surface area (Å²) in [5.41, 5.74) is -4.25. The van der Waals surface area contributed by atoms with Crippen LogP contribution in [0.1, 0.15) is 60.6 Å². The Kier molecular flexibility index (Phi) is 8.72. The van der Waals surface area contributed by atoms with Crippen molar-refractivity contribution in [3.63, 3.8) is 0 Å². The molecule has 4 rings (SSSR count). The average molecular weight is 623 g/mol. The molecule has 2 saturated heterocycles. The van der Waals surface area contributed by atoms with Gasteiger partial charge in [-0.3, -0.25) is 4.90 Å². The van der Waals surface area contributed by atoms with E-state index in [4.69, 9.17) is 10.00 Å². The maximum Gasteiger partial charge on any atom is 0.416 e. The van der Waals surface area contributed by atoms with E-state index in [1.165, 1.54) is 13.0 Å². The van der Waals surface area contributed by atoms with Gasteiger partial charge in [-0.25, -0.2) is 4.79 Å². The van der Waals surface area contributed by atoms with Gasteiger partial charge in [-0.1, -0.05) is 0 Å². The van der Waals surface area contributed by atoms with Crippen LogP contribution in [0.25, 0.3) is 0 Å². The fourth-order valence-electron chi connectivity index (χ4n) is 5.56. The molecule has 2 aromatic carbocycles. The highest BCUT2D eigenvalue weighted by molar-refractivity contribution is 5.72. The highest BCUT2D eigenvalue weighted by Crippen LogP contribution is 2.42. The molecule has 2 atom stereocenters. The molecule has 2 heterocycles. The van der Waals surface area contributed by atoms with Crippen LogP contribution in [-0.2, 0) is 29.8 Å². The molecule has 2 aliphatic rings. The van der Waals surface area contributed by atoms with E-state index in [0.29, 0.717) is 50.3 Å². The standard InChI is InChI=1S/C28H27F9N4O2/c1-3-40(22-6-8-39(15-38)9-7-22)23-5-4-19(26(29,30)31)12-18(23)14-41-16(2)24(43-25(41)42)17-10-20(27(32,33)34)13-21(11-17)28(35,36)37/h4-5,10-13,16,22,24H,3,6-9,14H2,1-2H3/t16-,24-/m0/s1. The van der Waals surface area contributed by atoms with Gasteiger partial charge in [-0.15, -0.1) is 0 Å². The van der Waals surface area contributed by atoms with Gasteiger partial charge in [0.15, 0.2) is 6.19 Å². The number of benzene rings is 2. The van der Waals surface area contributed by atoms with Crippen molar-refractivity contribution in [1.29, 1.82) is 5.26 Å². The van der Waals surface area contributed by atoms with E-state index in [2.05, 4.69) is 6.19 Å². The molecule has 0 N–H and O–H groups in total. The first-order valence-electron chi connectivity index (χ1n) is 13.3. The number of amides is 1. The number of hydrogen-bond acceptors (Lipinski definition) is 5. The largest absolute Gasteiger partial charge is 0.439 e. The molecule has 0 aliphatic carbocycles. The number of alkyl halides is 9. The summed E-state index contributed by atoms with van der Waals surface area (Å²) in [6, 6.07) is 2.69. The average Bonchev–Trinajstić information content (AvgIpc) is 3.21. The van der Waals surface area contributed by atoms with Gasteiger partial charge in [0.1, 0.15) is 6.10 Å². The van der Waals surface area contributed by atoms with Crippen LogP contribution in [0.4, 0.5) is 50.0 Å². The summed E-state index contributed by atoms with van der Waals surface area (Å²) in [6.07, 6.45) is -14.5. The minimum atomic E-state index is -5.12. The van der Waals surface area contributed by atoms with Crippen LogP contribution in [0.15, 0.2) is 36.4 Å². The number of rotatable bonds is 6. The molecule has 0 bridgehead atoms. The van der Waals surface area contributed by atoms with Gasteiger partial charge in [0, 0.05) is 31.4 Å². The Labute approximate surface area is 241 Å². The lowest BCUT2D eigenvalue weighted by Gasteiger charge is -2.39. The molecule has 2 fully saturated rings. The summed E-state index contributed by atoms with van der Waals surface area (Å²) in [4.78, 5) is 17.4. The topological polar surface area (TPSA) is 59.8 Å². The van der Waals surface area contributed by atoms with Gasteiger partial charge in [-0.05, 0) is 74.2 Å². The number of nitrogens with zero attached hydrogens (tertiary/aromatic N) is 4. The van der Waals surface area contributed by atoms with Gasteiger partial charge in [-0.2, -0.15) is 44.8 Å². The van der Waals surface area contributed by atoms with Crippen molar-refractivity contribution in [3.05, 3.63) is 64.2 Å². The minimum Gasteiger partial charge on any atom is -0.439 e. The number of halogens is 9. The SMILES string of the molecule is CCN(c1ccc(C(F)(F)F)cc1CN1C(=O)O[C@H](c2cc(C(F)(F)F)cc(C(F)(F)F)c2)[C@@H]1C)C1CCN(C#N)CC1. The molecule has 2 aliphatic heterocycles. The molecule has 0 radical (unpaired) electrons. The molecule has 0 unspecified atom stereocenters. The number of carbonyl (C=O) groups excluding carboxylic acids is 1. The van der Waals surface area contributed by atoms with Gasteiger partial charge in [0.2, 0.25) is 0 Å². The van der Waals surface area contributed by atoms with Crippen molar-refractivity contribution >= 4 is 11.8 Å². The number of ether oxygens (including phenoxy) is 1. The van der Waals surface area contributed by atoms with Crippen molar-refractivity contribution in [1.82, 2.24) is 9.80 Å². The first kappa shape index (κ1) is 32.1. The van der Waals surface area contributed by atoms with Gasteiger partial charge in [0.25, 0.3) is 0 Å². The van der Waals surface area contributed by atoms with Crippen molar-refractivity contribution in [2.75, 3.05) is 24.5 Å². The Morgan fingerprint density at radius 1 is 0.907 bits per heavy atom. The maximum atomic E-state index is 13.7. The lowest BCUT2D eigenvalue weighted by atomic mass is 9.97. The van der Waals surface area contributed by atoms with Crippen molar-refractivity contribution in [2.24, 2.45) is 0 Å². The smallest absolute Gasteiger partial charge is 0.416 e. The number of hydrogen-bond donors (Lipinski definition) is 0. The molecular formula is C28H27F9N4O2. The molecule has 0 spiro atoms. The molecule has 1 amide bonds. The Balaban J connectivity index is 1.70.